The first-order valence-corrected chi connectivity index (χ1v) is 7.63. The highest BCUT2D eigenvalue weighted by Crippen LogP contribution is 2.19. The molecule has 0 amide bonds. The maximum absolute atomic E-state index is 5.89. The van der Waals surface area contributed by atoms with Crippen LogP contribution in [-0.4, -0.2) is 35.3 Å². The fourth-order valence-corrected chi connectivity index (χ4v) is 2.56. The van der Waals surface area contributed by atoms with Gasteiger partial charge >= 0.3 is 0 Å². The van der Waals surface area contributed by atoms with Crippen molar-refractivity contribution in [1.82, 2.24) is 9.97 Å². The van der Waals surface area contributed by atoms with Gasteiger partial charge in [-0.1, -0.05) is 6.92 Å². The molecule has 0 saturated heterocycles. The summed E-state index contributed by atoms with van der Waals surface area (Å²) in [5.74, 6) is 1.71. The van der Waals surface area contributed by atoms with Crippen LogP contribution in [0.2, 0.25) is 0 Å². The molecule has 2 rings (SSSR count). The molecule has 0 unspecified atom stereocenters. The van der Waals surface area contributed by atoms with E-state index in [1.54, 1.807) is 0 Å². The number of anilines is 1. The topological polar surface area (TPSA) is 73.1 Å². The van der Waals surface area contributed by atoms with E-state index in [1.165, 1.54) is 0 Å². The van der Waals surface area contributed by atoms with E-state index in [0.717, 1.165) is 56.0 Å². The molecule has 1 aliphatic carbocycles. The molecular formula is C15H26N4O. The van der Waals surface area contributed by atoms with Crippen LogP contribution in [0, 0.1) is 6.92 Å². The van der Waals surface area contributed by atoms with Crippen LogP contribution in [0.4, 0.5) is 5.82 Å². The van der Waals surface area contributed by atoms with Crippen LogP contribution in [0.25, 0.3) is 0 Å². The number of nitrogens with two attached hydrogens (primary N) is 1. The zero-order valence-corrected chi connectivity index (χ0v) is 12.6. The van der Waals surface area contributed by atoms with Gasteiger partial charge in [0.2, 0.25) is 0 Å². The van der Waals surface area contributed by atoms with E-state index in [4.69, 9.17) is 10.5 Å². The highest BCUT2D eigenvalue weighted by atomic mass is 16.5. The summed E-state index contributed by atoms with van der Waals surface area (Å²) >= 11 is 0. The second-order valence-corrected chi connectivity index (χ2v) is 5.48. The van der Waals surface area contributed by atoms with Crippen LogP contribution in [0.1, 0.15) is 44.1 Å². The normalized spacial score (nSPS) is 22.8. The van der Waals surface area contributed by atoms with Gasteiger partial charge in [0.15, 0.2) is 0 Å². The Bertz CT molecular complexity index is 416. The molecule has 0 aliphatic heterocycles. The number of hydrogen-bond donors (Lipinski definition) is 2. The third kappa shape index (κ3) is 4.72. The summed E-state index contributed by atoms with van der Waals surface area (Å²) in [5, 5.41) is 3.31. The third-order valence-corrected chi connectivity index (χ3v) is 3.73. The average Bonchev–Trinajstić information content (AvgIpc) is 2.45. The molecule has 0 aromatic carbocycles. The van der Waals surface area contributed by atoms with Gasteiger partial charge in [-0.05, 0) is 39.0 Å². The van der Waals surface area contributed by atoms with Crippen LogP contribution >= 0.6 is 0 Å². The lowest BCUT2D eigenvalue weighted by atomic mass is 9.94. The summed E-state index contributed by atoms with van der Waals surface area (Å²) in [4.78, 5) is 8.75. The summed E-state index contributed by atoms with van der Waals surface area (Å²) in [6, 6.07) is 2.39. The smallest absolute Gasteiger partial charge is 0.130 e. The molecule has 0 spiro atoms. The summed E-state index contributed by atoms with van der Waals surface area (Å²) < 4.78 is 5.88. The monoisotopic (exact) mass is 278 g/mol. The van der Waals surface area contributed by atoms with Crippen LogP contribution < -0.4 is 11.1 Å². The van der Waals surface area contributed by atoms with Gasteiger partial charge in [-0.25, -0.2) is 9.97 Å². The van der Waals surface area contributed by atoms with Crippen LogP contribution in [0.5, 0.6) is 0 Å². The van der Waals surface area contributed by atoms with Crippen molar-refractivity contribution in [3.63, 3.8) is 0 Å². The first kappa shape index (κ1) is 15.2. The summed E-state index contributed by atoms with van der Waals surface area (Å²) in [7, 11) is 0. The van der Waals surface area contributed by atoms with Crippen LogP contribution in [0.3, 0.4) is 0 Å². The molecule has 5 nitrogen and oxygen atoms in total. The van der Waals surface area contributed by atoms with Crippen molar-refractivity contribution < 1.29 is 4.74 Å². The SMILES string of the molecule is CCc1cc(NCCOC2CCC(N)CC2)nc(C)n1. The van der Waals surface area contributed by atoms with E-state index in [9.17, 15) is 0 Å². The first-order chi connectivity index (χ1) is 9.67. The molecule has 1 aromatic rings. The maximum Gasteiger partial charge on any atom is 0.130 e. The standard InChI is InChI=1S/C15H26N4O/c1-3-13-10-15(19-11(2)18-13)17-8-9-20-14-6-4-12(16)5-7-14/h10,12,14H,3-9,16H2,1-2H3,(H,17,18,19). The Kier molecular flexibility index (Phi) is 5.73. The van der Waals surface area contributed by atoms with Crippen molar-refractivity contribution in [1.29, 1.82) is 0 Å². The van der Waals surface area contributed by atoms with E-state index >= 15 is 0 Å². The van der Waals surface area contributed by atoms with Crippen LogP contribution in [0.15, 0.2) is 6.07 Å². The maximum atomic E-state index is 5.89. The van der Waals surface area contributed by atoms with Gasteiger partial charge in [0, 0.05) is 24.3 Å². The quantitative estimate of drug-likeness (QED) is 0.779. The van der Waals surface area contributed by atoms with E-state index in [2.05, 4.69) is 22.2 Å². The van der Waals surface area contributed by atoms with Crippen molar-refractivity contribution in [2.45, 2.75) is 58.1 Å². The molecule has 1 heterocycles. The lowest BCUT2D eigenvalue weighted by Gasteiger charge is -2.26. The second kappa shape index (κ2) is 7.55. The summed E-state index contributed by atoms with van der Waals surface area (Å²) in [6.07, 6.45) is 5.67. The Morgan fingerprint density at radius 3 is 2.75 bits per heavy atom. The van der Waals surface area contributed by atoms with Crippen molar-refractivity contribution in [2.75, 3.05) is 18.5 Å². The molecule has 3 N–H and O–H groups in total. The Morgan fingerprint density at radius 1 is 1.30 bits per heavy atom. The summed E-state index contributed by atoms with van der Waals surface area (Å²) in [6.45, 7) is 5.52. The fourth-order valence-electron chi connectivity index (χ4n) is 2.56. The van der Waals surface area contributed by atoms with Gasteiger partial charge < -0.3 is 15.8 Å². The van der Waals surface area contributed by atoms with Crippen molar-refractivity contribution in [2.24, 2.45) is 5.73 Å². The Labute approximate surface area is 121 Å². The fraction of sp³-hybridized carbons (Fsp3) is 0.733. The number of nitrogens with one attached hydrogen (secondary N) is 1. The predicted molar refractivity (Wildman–Crippen MR) is 80.8 cm³/mol. The molecule has 0 radical (unpaired) electrons. The largest absolute Gasteiger partial charge is 0.376 e. The molecule has 1 fully saturated rings. The van der Waals surface area contributed by atoms with Crippen molar-refractivity contribution in [3.8, 4) is 0 Å². The number of aromatic nitrogens is 2. The van der Waals surface area contributed by atoms with E-state index < -0.39 is 0 Å². The molecule has 0 bridgehead atoms. The molecule has 0 atom stereocenters. The highest BCUT2D eigenvalue weighted by Gasteiger charge is 2.18. The average molecular weight is 278 g/mol. The van der Waals surface area contributed by atoms with Gasteiger partial charge in [-0.2, -0.15) is 0 Å². The molecule has 5 heteroatoms. The van der Waals surface area contributed by atoms with Gasteiger partial charge in [0.05, 0.1) is 12.7 Å². The predicted octanol–water partition coefficient (Wildman–Crippen LogP) is 2.05. The summed E-state index contributed by atoms with van der Waals surface area (Å²) in [5.41, 5.74) is 6.96. The van der Waals surface area contributed by atoms with E-state index in [0.29, 0.717) is 18.8 Å². The Balaban J connectivity index is 1.69. The van der Waals surface area contributed by atoms with Crippen molar-refractivity contribution >= 4 is 5.82 Å². The number of rotatable bonds is 6. The lowest BCUT2D eigenvalue weighted by molar-refractivity contribution is 0.0313. The minimum absolute atomic E-state index is 0.379. The molecule has 1 aliphatic rings. The molecule has 1 aromatic heterocycles. The number of hydrogen-bond acceptors (Lipinski definition) is 5. The second-order valence-electron chi connectivity index (χ2n) is 5.48. The van der Waals surface area contributed by atoms with E-state index in [1.807, 2.05) is 13.0 Å². The molecular weight excluding hydrogens is 252 g/mol. The number of nitrogens with zero attached hydrogens (tertiary/aromatic N) is 2. The minimum Gasteiger partial charge on any atom is -0.376 e. The lowest BCUT2D eigenvalue weighted by Crippen LogP contribution is -2.31. The molecule has 112 valence electrons. The number of aryl methyl sites for hydroxylation is 2. The van der Waals surface area contributed by atoms with E-state index in [-0.39, 0.29) is 0 Å². The first-order valence-electron chi connectivity index (χ1n) is 7.63. The third-order valence-electron chi connectivity index (χ3n) is 3.73. The molecule has 1 saturated carbocycles. The number of ether oxygens (including phenoxy) is 1. The highest BCUT2D eigenvalue weighted by molar-refractivity contribution is 5.35. The zero-order chi connectivity index (χ0) is 14.4. The Morgan fingerprint density at radius 2 is 2.05 bits per heavy atom. The minimum atomic E-state index is 0.379. The van der Waals surface area contributed by atoms with Crippen LogP contribution in [-0.2, 0) is 11.2 Å². The van der Waals surface area contributed by atoms with Gasteiger partial charge in [0.25, 0.3) is 0 Å². The zero-order valence-electron chi connectivity index (χ0n) is 12.6. The van der Waals surface area contributed by atoms with Gasteiger partial charge in [-0.3, -0.25) is 0 Å². The molecule has 20 heavy (non-hydrogen) atoms. The van der Waals surface area contributed by atoms with Gasteiger partial charge in [-0.15, -0.1) is 0 Å². The van der Waals surface area contributed by atoms with Crippen molar-refractivity contribution in [3.05, 3.63) is 17.6 Å². The Hall–Kier alpha value is -1.20. The van der Waals surface area contributed by atoms with Gasteiger partial charge in [0.1, 0.15) is 11.6 Å².